The highest BCUT2D eigenvalue weighted by Crippen LogP contribution is 2.25. The van der Waals surface area contributed by atoms with Gasteiger partial charge in [0, 0.05) is 44.6 Å². The van der Waals surface area contributed by atoms with Crippen molar-refractivity contribution < 1.29 is 9.32 Å². The topological polar surface area (TPSA) is 100 Å². The number of aryl methyl sites for hydroxylation is 2. The molecule has 0 spiro atoms. The normalized spacial score (nSPS) is 14.6. The van der Waals surface area contributed by atoms with E-state index in [4.69, 9.17) is 4.52 Å². The molecule has 0 saturated carbocycles. The van der Waals surface area contributed by atoms with Crippen LogP contribution in [0.3, 0.4) is 0 Å². The number of nitrogens with one attached hydrogen (secondary N) is 1. The molecule has 1 aliphatic rings. The quantitative estimate of drug-likeness (QED) is 0.579. The van der Waals surface area contributed by atoms with E-state index >= 15 is 0 Å². The molecule has 0 unspecified atom stereocenters. The Hall–Kier alpha value is -3.33. The van der Waals surface area contributed by atoms with Gasteiger partial charge in [0.2, 0.25) is 5.82 Å². The van der Waals surface area contributed by atoms with Crippen molar-refractivity contribution in [1.82, 2.24) is 30.3 Å². The number of para-hydroxylation sites is 1. The van der Waals surface area contributed by atoms with Crippen LogP contribution in [0.5, 0.6) is 0 Å². The predicted molar refractivity (Wildman–Crippen MR) is 117 cm³/mol. The van der Waals surface area contributed by atoms with Crippen molar-refractivity contribution in [3.63, 3.8) is 0 Å². The Morgan fingerprint density at radius 3 is 2.61 bits per heavy atom. The fourth-order valence-electron chi connectivity index (χ4n) is 3.92. The van der Waals surface area contributed by atoms with E-state index in [-0.39, 0.29) is 17.6 Å². The van der Waals surface area contributed by atoms with Crippen molar-refractivity contribution >= 4 is 11.6 Å². The van der Waals surface area contributed by atoms with Crippen molar-refractivity contribution in [2.45, 2.75) is 20.3 Å². The summed E-state index contributed by atoms with van der Waals surface area (Å²) in [7, 11) is 0. The number of amides is 1. The van der Waals surface area contributed by atoms with E-state index in [1.807, 2.05) is 0 Å². The molecule has 9 nitrogen and oxygen atoms in total. The summed E-state index contributed by atoms with van der Waals surface area (Å²) in [6.45, 7) is 9.94. The maximum absolute atomic E-state index is 12.2. The smallest absolute Gasteiger partial charge is 0.316 e. The van der Waals surface area contributed by atoms with E-state index in [0.29, 0.717) is 12.2 Å². The second-order valence-corrected chi connectivity index (χ2v) is 7.70. The second kappa shape index (κ2) is 9.65. The molecule has 31 heavy (non-hydrogen) atoms. The lowest BCUT2D eigenvalue weighted by atomic mass is 10.1. The Kier molecular flexibility index (Phi) is 6.51. The molecule has 0 bridgehead atoms. The van der Waals surface area contributed by atoms with Crippen LogP contribution in [0, 0.1) is 13.8 Å². The fourth-order valence-corrected chi connectivity index (χ4v) is 3.92. The van der Waals surface area contributed by atoms with Crippen LogP contribution >= 0.6 is 0 Å². The summed E-state index contributed by atoms with van der Waals surface area (Å²) in [6.07, 6.45) is 3.84. The van der Waals surface area contributed by atoms with Crippen LogP contribution in [0.2, 0.25) is 0 Å². The van der Waals surface area contributed by atoms with Gasteiger partial charge in [0.1, 0.15) is 12.0 Å². The Morgan fingerprint density at radius 2 is 1.90 bits per heavy atom. The third kappa shape index (κ3) is 5.05. The van der Waals surface area contributed by atoms with Gasteiger partial charge in [0.25, 0.3) is 0 Å². The molecule has 2 aromatic heterocycles. The highest BCUT2D eigenvalue weighted by Gasteiger charge is 2.20. The van der Waals surface area contributed by atoms with Crippen molar-refractivity contribution in [3.05, 3.63) is 53.8 Å². The van der Waals surface area contributed by atoms with Gasteiger partial charge in [-0.05, 0) is 44.0 Å². The maximum Gasteiger partial charge on any atom is 0.316 e. The summed E-state index contributed by atoms with van der Waals surface area (Å²) < 4.78 is 5.05. The largest absolute Gasteiger partial charge is 0.369 e. The van der Waals surface area contributed by atoms with Gasteiger partial charge >= 0.3 is 11.8 Å². The molecule has 0 radical (unpaired) electrons. The molecule has 1 aliphatic heterocycles. The Labute approximate surface area is 181 Å². The summed E-state index contributed by atoms with van der Waals surface area (Å²) in [5, 5.41) is 6.65. The molecule has 1 fully saturated rings. The van der Waals surface area contributed by atoms with E-state index in [1.54, 1.807) is 12.3 Å². The Morgan fingerprint density at radius 1 is 1.13 bits per heavy atom. The first-order valence-corrected chi connectivity index (χ1v) is 10.5. The van der Waals surface area contributed by atoms with Crippen LogP contribution in [0.25, 0.3) is 11.5 Å². The van der Waals surface area contributed by atoms with Gasteiger partial charge in [-0.3, -0.25) is 9.69 Å². The zero-order chi connectivity index (χ0) is 21.6. The van der Waals surface area contributed by atoms with Crippen LogP contribution in [0.1, 0.15) is 28.2 Å². The van der Waals surface area contributed by atoms with Gasteiger partial charge in [-0.15, -0.1) is 0 Å². The molecule has 1 amide bonds. The minimum absolute atomic E-state index is 0.0594. The van der Waals surface area contributed by atoms with Crippen LogP contribution in [-0.2, 0) is 0 Å². The second-order valence-electron chi connectivity index (χ2n) is 7.70. The van der Waals surface area contributed by atoms with Crippen molar-refractivity contribution in [3.8, 4) is 11.5 Å². The molecule has 0 aliphatic carbocycles. The molecular formula is C22H27N7O2. The van der Waals surface area contributed by atoms with Gasteiger partial charge in [-0.25, -0.2) is 9.97 Å². The lowest BCUT2D eigenvalue weighted by molar-refractivity contribution is 0.0907. The lowest BCUT2D eigenvalue weighted by Gasteiger charge is -2.37. The highest BCUT2D eigenvalue weighted by atomic mass is 16.5. The van der Waals surface area contributed by atoms with Crippen LogP contribution in [0.15, 0.2) is 41.3 Å². The molecule has 0 atom stereocenters. The van der Waals surface area contributed by atoms with Crippen molar-refractivity contribution in [1.29, 1.82) is 0 Å². The summed E-state index contributed by atoms with van der Waals surface area (Å²) >= 11 is 0. The van der Waals surface area contributed by atoms with Gasteiger partial charge in [0.05, 0.1) is 0 Å². The maximum atomic E-state index is 12.2. The number of hydrogen-bond acceptors (Lipinski definition) is 8. The van der Waals surface area contributed by atoms with Crippen LogP contribution in [0.4, 0.5) is 5.69 Å². The minimum atomic E-state index is -0.368. The molecule has 1 N–H and O–H groups in total. The van der Waals surface area contributed by atoms with Gasteiger partial charge in [-0.2, -0.15) is 4.98 Å². The number of benzene rings is 1. The van der Waals surface area contributed by atoms with E-state index in [9.17, 15) is 4.79 Å². The van der Waals surface area contributed by atoms with Crippen LogP contribution in [-0.4, -0.2) is 70.2 Å². The number of nitrogens with zero attached hydrogens (tertiary/aromatic N) is 6. The first-order valence-electron chi connectivity index (χ1n) is 10.5. The first kappa shape index (κ1) is 20.9. The predicted octanol–water partition coefficient (Wildman–Crippen LogP) is 2.09. The molecule has 3 aromatic rings. The standard InChI is InChI=1S/C22H27N7O2/c1-16-5-3-6-17(2)19(16)29-13-11-28(12-14-29)10-4-8-24-21(30)22-26-20(27-31-22)18-7-9-23-15-25-18/h3,5-7,9,15H,4,8,10-14H2,1-2H3,(H,24,30). The summed E-state index contributed by atoms with van der Waals surface area (Å²) in [4.78, 5) is 29.2. The summed E-state index contributed by atoms with van der Waals surface area (Å²) in [6, 6.07) is 8.13. The van der Waals surface area contributed by atoms with E-state index in [0.717, 1.165) is 39.1 Å². The summed E-state index contributed by atoms with van der Waals surface area (Å²) in [5.74, 6) is -0.155. The monoisotopic (exact) mass is 421 g/mol. The fraction of sp³-hybridized carbons (Fsp3) is 0.409. The number of hydrogen-bond donors (Lipinski definition) is 1. The van der Waals surface area contributed by atoms with Crippen LogP contribution < -0.4 is 10.2 Å². The number of carbonyl (C=O) groups is 1. The average Bonchev–Trinajstić information content (AvgIpc) is 3.29. The van der Waals surface area contributed by atoms with E-state index in [1.165, 1.54) is 23.1 Å². The van der Waals surface area contributed by atoms with Crippen molar-refractivity contribution in [2.75, 3.05) is 44.2 Å². The molecule has 1 aromatic carbocycles. The molecule has 3 heterocycles. The molecule has 9 heteroatoms. The Bertz CT molecular complexity index is 993. The SMILES string of the molecule is Cc1cccc(C)c1N1CCN(CCCNC(=O)c2nc(-c3ccncn3)no2)CC1. The van der Waals surface area contributed by atoms with E-state index < -0.39 is 0 Å². The van der Waals surface area contributed by atoms with Crippen molar-refractivity contribution in [2.24, 2.45) is 0 Å². The van der Waals surface area contributed by atoms with Gasteiger partial charge < -0.3 is 14.7 Å². The number of piperazine rings is 1. The lowest BCUT2D eigenvalue weighted by Crippen LogP contribution is -2.47. The van der Waals surface area contributed by atoms with Gasteiger partial charge in [-0.1, -0.05) is 23.4 Å². The number of aromatic nitrogens is 4. The number of carbonyl (C=O) groups excluding carboxylic acids is 1. The highest BCUT2D eigenvalue weighted by molar-refractivity contribution is 5.89. The third-order valence-corrected chi connectivity index (χ3v) is 5.50. The van der Waals surface area contributed by atoms with Gasteiger partial charge in [0.15, 0.2) is 0 Å². The molecular weight excluding hydrogens is 394 g/mol. The molecule has 4 rings (SSSR count). The third-order valence-electron chi connectivity index (χ3n) is 5.50. The average molecular weight is 422 g/mol. The number of anilines is 1. The summed E-state index contributed by atoms with van der Waals surface area (Å²) in [5.41, 5.74) is 4.55. The zero-order valence-corrected chi connectivity index (χ0v) is 17.9. The zero-order valence-electron chi connectivity index (χ0n) is 17.9. The van der Waals surface area contributed by atoms with E-state index in [2.05, 4.69) is 67.3 Å². The minimum Gasteiger partial charge on any atom is -0.369 e. The number of rotatable bonds is 7. The Balaban J connectivity index is 1.19. The molecule has 1 saturated heterocycles. The first-order chi connectivity index (χ1) is 15.1. The molecule has 162 valence electrons.